The van der Waals surface area contributed by atoms with E-state index in [0.717, 1.165) is 25.9 Å². The molecular weight excluding hydrogens is 208 g/mol. The monoisotopic (exact) mass is 226 g/mol. The number of likely N-dealkylation sites (tertiary alicyclic amines) is 1. The summed E-state index contributed by atoms with van der Waals surface area (Å²) >= 11 is 0. The summed E-state index contributed by atoms with van der Waals surface area (Å²) in [6.07, 6.45) is 2.29. The molecule has 0 spiro atoms. The van der Waals surface area contributed by atoms with Crippen molar-refractivity contribution in [2.24, 2.45) is 5.92 Å². The van der Waals surface area contributed by atoms with E-state index in [4.69, 9.17) is 0 Å². The molecule has 1 atom stereocenters. The Morgan fingerprint density at radius 2 is 2.12 bits per heavy atom. The third kappa shape index (κ3) is 2.19. The van der Waals surface area contributed by atoms with Gasteiger partial charge in [-0.3, -0.25) is 9.59 Å². The van der Waals surface area contributed by atoms with E-state index in [1.165, 1.54) is 7.11 Å². The number of methoxy groups -OCH3 is 1. The van der Waals surface area contributed by atoms with Gasteiger partial charge in [0.25, 0.3) is 0 Å². The number of nitrogens with zero attached hydrogens (tertiary/aromatic N) is 1. The van der Waals surface area contributed by atoms with Crippen molar-refractivity contribution in [3.8, 4) is 0 Å². The molecule has 0 unspecified atom stereocenters. The minimum absolute atomic E-state index is 0.0994. The van der Waals surface area contributed by atoms with Gasteiger partial charge in [-0.25, -0.2) is 0 Å². The number of rotatable bonds is 2. The van der Waals surface area contributed by atoms with Gasteiger partial charge >= 0.3 is 5.97 Å². The van der Waals surface area contributed by atoms with E-state index in [1.807, 2.05) is 4.90 Å². The van der Waals surface area contributed by atoms with Crippen LogP contribution in [-0.4, -0.2) is 49.6 Å². The van der Waals surface area contributed by atoms with Crippen molar-refractivity contribution in [2.75, 3.05) is 26.7 Å². The fraction of sp³-hybridized carbons (Fsp3) is 0.818. The molecule has 16 heavy (non-hydrogen) atoms. The third-order valence-corrected chi connectivity index (χ3v) is 3.44. The van der Waals surface area contributed by atoms with Crippen molar-refractivity contribution >= 4 is 11.9 Å². The Bertz CT molecular complexity index is 287. The van der Waals surface area contributed by atoms with E-state index in [0.29, 0.717) is 19.0 Å². The molecule has 1 amide bonds. The van der Waals surface area contributed by atoms with Gasteiger partial charge in [0, 0.05) is 19.0 Å². The maximum absolute atomic E-state index is 11.8. The summed E-state index contributed by atoms with van der Waals surface area (Å²) in [5.74, 6) is -0.417. The Labute approximate surface area is 95.1 Å². The first-order valence-electron chi connectivity index (χ1n) is 5.80. The standard InChI is InChI=1S/C11H18N2O3/c1-16-11(15)8-6-10(14)13(7-8)9-2-4-12-5-3-9/h8-9,12H,2-7H2,1H3/t8-/m0/s1. The minimum Gasteiger partial charge on any atom is -0.469 e. The van der Waals surface area contributed by atoms with Crippen LogP contribution in [0, 0.1) is 5.92 Å². The van der Waals surface area contributed by atoms with Crippen LogP contribution in [0.2, 0.25) is 0 Å². The Morgan fingerprint density at radius 1 is 1.44 bits per heavy atom. The van der Waals surface area contributed by atoms with E-state index in [1.54, 1.807) is 0 Å². The highest BCUT2D eigenvalue weighted by atomic mass is 16.5. The lowest BCUT2D eigenvalue weighted by molar-refractivity contribution is -0.145. The Hall–Kier alpha value is -1.10. The Morgan fingerprint density at radius 3 is 2.75 bits per heavy atom. The van der Waals surface area contributed by atoms with Gasteiger partial charge in [-0.1, -0.05) is 0 Å². The number of nitrogens with one attached hydrogen (secondary N) is 1. The van der Waals surface area contributed by atoms with Gasteiger partial charge in [-0.15, -0.1) is 0 Å². The number of amides is 1. The predicted octanol–water partition coefficient (Wildman–Crippen LogP) is -0.240. The molecule has 0 aliphatic carbocycles. The topological polar surface area (TPSA) is 58.6 Å². The van der Waals surface area contributed by atoms with E-state index >= 15 is 0 Å². The molecule has 0 aromatic rings. The van der Waals surface area contributed by atoms with Crippen LogP contribution in [0.25, 0.3) is 0 Å². The fourth-order valence-corrected chi connectivity index (χ4v) is 2.53. The molecule has 2 aliphatic heterocycles. The lowest BCUT2D eigenvalue weighted by Gasteiger charge is -2.31. The van der Waals surface area contributed by atoms with E-state index in [2.05, 4.69) is 10.1 Å². The lowest BCUT2D eigenvalue weighted by atomic mass is 10.1. The number of ether oxygens (including phenoxy) is 1. The zero-order valence-electron chi connectivity index (χ0n) is 9.57. The first-order chi connectivity index (χ1) is 7.72. The highest BCUT2D eigenvalue weighted by molar-refractivity contribution is 5.87. The smallest absolute Gasteiger partial charge is 0.310 e. The summed E-state index contributed by atoms with van der Waals surface area (Å²) in [4.78, 5) is 25.0. The fourth-order valence-electron chi connectivity index (χ4n) is 2.53. The highest BCUT2D eigenvalue weighted by Crippen LogP contribution is 2.24. The van der Waals surface area contributed by atoms with Gasteiger partial charge in [0.2, 0.25) is 5.91 Å². The first kappa shape index (κ1) is 11.4. The van der Waals surface area contributed by atoms with Crippen LogP contribution in [-0.2, 0) is 14.3 Å². The maximum Gasteiger partial charge on any atom is 0.310 e. The van der Waals surface area contributed by atoms with Crippen molar-refractivity contribution in [1.29, 1.82) is 0 Å². The van der Waals surface area contributed by atoms with Crippen LogP contribution in [0.3, 0.4) is 0 Å². The molecule has 0 aromatic heterocycles. The van der Waals surface area contributed by atoms with Gasteiger partial charge in [0.1, 0.15) is 0 Å². The van der Waals surface area contributed by atoms with Crippen LogP contribution in [0.15, 0.2) is 0 Å². The SMILES string of the molecule is COC(=O)[C@H]1CC(=O)N(C2CCNCC2)C1. The molecule has 2 aliphatic rings. The molecule has 2 heterocycles. The molecule has 0 saturated carbocycles. The molecule has 2 rings (SSSR count). The molecule has 5 nitrogen and oxygen atoms in total. The van der Waals surface area contributed by atoms with Gasteiger partial charge in [-0.05, 0) is 25.9 Å². The summed E-state index contributed by atoms with van der Waals surface area (Å²) in [6.45, 7) is 2.45. The number of hydrogen-bond donors (Lipinski definition) is 1. The van der Waals surface area contributed by atoms with Crippen molar-refractivity contribution < 1.29 is 14.3 Å². The molecular formula is C11H18N2O3. The number of carbonyl (C=O) groups is 2. The number of esters is 1. The van der Waals surface area contributed by atoms with Crippen LogP contribution >= 0.6 is 0 Å². The lowest BCUT2D eigenvalue weighted by Crippen LogP contribution is -2.44. The van der Waals surface area contributed by atoms with Gasteiger partial charge in [-0.2, -0.15) is 0 Å². The molecule has 0 radical (unpaired) electrons. The summed E-state index contributed by atoms with van der Waals surface area (Å²) in [7, 11) is 1.37. The van der Waals surface area contributed by atoms with Crippen molar-refractivity contribution in [3.05, 3.63) is 0 Å². The minimum atomic E-state index is -0.259. The van der Waals surface area contributed by atoms with Crippen molar-refractivity contribution in [1.82, 2.24) is 10.2 Å². The molecule has 2 saturated heterocycles. The third-order valence-electron chi connectivity index (χ3n) is 3.44. The van der Waals surface area contributed by atoms with Crippen molar-refractivity contribution in [2.45, 2.75) is 25.3 Å². The Balaban J connectivity index is 1.96. The average molecular weight is 226 g/mol. The number of carbonyl (C=O) groups excluding carboxylic acids is 2. The summed E-state index contributed by atoms with van der Waals surface area (Å²) < 4.78 is 4.69. The second-order valence-corrected chi connectivity index (χ2v) is 4.45. The van der Waals surface area contributed by atoms with Crippen LogP contribution < -0.4 is 5.32 Å². The Kier molecular flexibility index (Phi) is 3.43. The molecule has 1 N–H and O–H groups in total. The second-order valence-electron chi connectivity index (χ2n) is 4.45. The summed E-state index contributed by atoms with van der Waals surface area (Å²) in [5, 5.41) is 3.27. The number of piperidine rings is 1. The highest BCUT2D eigenvalue weighted by Gasteiger charge is 2.38. The molecule has 2 fully saturated rings. The summed E-state index contributed by atoms with van der Waals surface area (Å²) in [5.41, 5.74) is 0. The normalized spacial score (nSPS) is 27.2. The number of hydrogen-bond acceptors (Lipinski definition) is 4. The zero-order chi connectivity index (χ0) is 11.5. The maximum atomic E-state index is 11.8. The molecule has 0 bridgehead atoms. The van der Waals surface area contributed by atoms with Gasteiger partial charge in [0.15, 0.2) is 0 Å². The van der Waals surface area contributed by atoms with Crippen molar-refractivity contribution in [3.63, 3.8) is 0 Å². The largest absolute Gasteiger partial charge is 0.469 e. The molecule has 0 aromatic carbocycles. The van der Waals surface area contributed by atoms with E-state index < -0.39 is 0 Å². The van der Waals surface area contributed by atoms with E-state index in [-0.39, 0.29) is 17.8 Å². The quantitative estimate of drug-likeness (QED) is 0.660. The van der Waals surface area contributed by atoms with Crippen LogP contribution in [0.5, 0.6) is 0 Å². The zero-order valence-corrected chi connectivity index (χ0v) is 9.57. The molecule has 90 valence electrons. The molecule has 5 heteroatoms. The average Bonchev–Trinajstić information content (AvgIpc) is 2.71. The van der Waals surface area contributed by atoms with E-state index in [9.17, 15) is 9.59 Å². The summed E-state index contributed by atoms with van der Waals surface area (Å²) in [6, 6.07) is 0.309. The van der Waals surface area contributed by atoms with Gasteiger partial charge in [0.05, 0.1) is 13.0 Å². The first-order valence-corrected chi connectivity index (χ1v) is 5.80. The second kappa shape index (κ2) is 4.82. The van der Waals surface area contributed by atoms with Crippen LogP contribution in [0.1, 0.15) is 19.3 Å². The van der Waals surface area contributed by atoms with Gasteiger partial charge < -0.3 is 15.0 Å². The predicted molar refractivity (Wildman–Crippen MR) is 57.7 cm³/mol. The van der Waals surface area contributed by atoms with Crippen LogP contribution in [0.4, 0.5) is 0 Å².